The molecule has 1 aromatic rings. The molecule has 1 N–H and O–H groups in total. The van der Waals surface area contributed by atoms with Crippen LogP contribution < -0.4 is 4.90 Å². The van der Waals surface area contributed by atoms with E-state index in [1.54, 1.807) is 0 Å². The summed E-state index contributed by atoms with van der Waals surface area (Å²) in [6.07, 6.45) is 2.61. The topological polar surface area (TPSA) is 49.2 Å². The molecular weight excluding hydrogens is 258 g/mol. The van der Waals surface area contributed by atoms with Gasteiger partial charge in [-0.3, -0.25) is 0 Å². The Morgan fingerprint density at radius 3 is 3.12 bits per heavy atom. The fourth-order valence-electron chi connectivity index (χ4n) is 1.95. The molecule has 94 valence electrons. The van der Waals surface area contributed by atoms with Crippen LogP contribution in [0.15, 0.2) is 6.33 Å². The van der Waals surface area contributed by atoms with E-state index in [2.05, 4.69) is 21.8 Å². The summed E-state index contributed by atoms with van der Waals surface area (Å²) < 4.78 is 0. The summed E-state index contributed by atoms with van der Waals surface area (Å²) in [4.78, 5) is 10.4. The molecule has 2 rings (SSSR count). The smallest absolute Gasteiger partial charge is 0.140 e. The number of aliphatic hydroxyl groups is 1. The number of halogens is 1. The van der Waals surface area contributed by atoms with Gasteiger partial charge in [0.25, 0.3) is 0 Å². The third-order valence-electron chi connectivity index (χ3n) is 2.92. The van der Waals surface area contributed by atoms with Gasteiger partial charge >= 0.3 is 0 Å². The molecule has 1 aromatic heterocycles. The van der Waals surface area contributed by atoms with Gasteiger partial charge in [0.05, 0.1) is 12.2 Å². The number of rotatable bonds is 3. The molecule has 1 aliphatic heterocycles. The number of nitrogens with zero attached hydrogens (tertiary/aromatic N) is 3. The van der Waals surface area contributed by atoms with E-state index in [1.165, 1.54) is 6.33 Å². The van der Waals surface area contributed by atoms with Gasteiger partial charge in [-0.05, 0) is 6.42 Å². The van der Waals surface area contributed by atoms with Crippen LogP contribution in [0.1, 0.15) is 18.9 Å². The lowest BCUT2D eigenvalue weighted by Gasteiger charge is -2.33. The number of aliphatic hydroxyl groups excluding tert-OH is 1. The molecule has 0 bridgehead atoms. The summed E-state index contributed by atoms with van der Waals surface area (Å²) in [5, 5.41) is 10.3. The van der Waals surface area contributed by atoms with Crippen LogP contribution in [-0.4, -0.2) is 39.2 Å². The summed E-state index contributed by atoms with van der Waals surface area (Å²) in [6, 6.07) is 0. The van der Waals surface area contributed by atoms with Crippen LogP contribution in [0.3, 0.4) is 0 Å². The Bertz CT molecular complexity index is 391. The second-order valence-electron chi connectivity index (χ2n) is 3.97. The molecule has 1 saturated heterocycles. The maximum absolute atomic E-state index is 9.36. The quantitative estimate of drug-likeness (QED) is 0.853. The first kappa shape index (κ1) is 12.9. The minimum atomic E-state index is -0.116. The molecule has 6 heteroatoms. The molecule has 1 aliphatic rings. The van der Waals surface area contributed by atoms with Crippen LogP contribution in [0.4, 0.5) is 5.82 Å². The number of hydrogen-bond acceptors (Lipinski definition) is 5. The van der Waals surface area contributed by atoms with Crippen LogP contribution in [0.5, 0.6) is 0 Å². The number of aromatic nitrogens is 2. The lowest BCUT2D eigenvalue weighted by atomic mass is 10.2. The minimum Gasteiger partial charge on any atom is -0.391 e. The van der Waals surface area contributed by atoms with Gasteiger partial charge in [0.2, 0.25) is 0 Å². The van der Waals surface area contributed by atoms with Crippen molar-refractivity contribution in [3.8, 4) is 0 Å². The average Bonchev–Trinajstić information content (AvgIpc) is 2.38. The lowest BCUT2D eigenvalue weighted by Crippen LogP contribution is -2.38. The Morgan fingerprint density at radius 2 is 2.41 bits per heavy atom. The summed E-state index contributed by atoms with van der Waals surface area (Å²) in [6.45, 7) is 3.99. The van der Waals surface area contributed by atoms with Gasteiger partial charge in [-0.25, -0.2) is 9.97 Å². The van der Waals surface area contributed by atoms with E-state index < -0.39 is 0 Å². The molecule has 2 heterocycles. The summed E-state index contributed by atoms with van der Waals surface area (Å²) in [5.74, 6) is 1.87. The van der Waals surface area contributed by atoms with Gasteiger partial charge in [0, 0.05) is 24.1 Å². The molecule has 0 radical (unpaired) electrons. The predicted octanol–water partition coefficient (Wildman–Crippen LogP) is 1.95. The Hall–Kier alpha value is -0.520. The van der Waals surface area contributed by atoms with Crippen molar-refractivity contribution in [3.63, 3.8) is 0 Å². The first-order valence-electron chi connectivity index (χ1n) is 5.73. The first-order chi connectivity index (χ1) is 8.26. The molecule has 0 aromatic carbocycles. The Kier molecular flexibility index (Phi) is 4.48. The van der Waals surface area contributed by atoms with Crippen molar-refractivity contribution in [3.05, 3.63) is 17.0 Å². The minimum absolute atomic E-state index is 0.116. The normalized spacial score (nSPS) is 20.6. The van der Waals surface area contributed by atoms with E-state index >= 15 is 0 Å². The van der Waals surface area contributed by atoms with Crippen molar-refractivity contribution in [2.75, 3.05) is 23.7 Å². The van der Waals surface area contributed by atoms with Crippen LogP contribution >= 0.6 is 23.4 Å². The maximum Gasteiger partial charge on any atom is 0.140 e. The lowest BCUT2D eigenvalue weighted by molar-refractivity contribution is 0.281. The molecule has 4 nitrogen and oxygen atoms in total. The van der Waals surface area contributed by atoms with Crippen molar-refractivity contribution < 1.29 is 5.11 Å². The maximum atomic E-state index is 9.36. The zero-order valence-electron chi connectivity index (χ0n) is 9.77. The van der Waals surface area contributed by atoms with E-state index in [-0.39, 0.29) is 6.61 Å². The second kappa shape index (κ2) is 5.89. The highest BCUT2D eigenvalue weighted by molar-refractivity contribution is 8.00. The highest BCUT2D eigenvalue weighted by Gasteiger charge is 2.23. The zero-order valence-corrected chi connectivity index (χ0v) is 11.3. The summed E-state index contributed by atoms with van der Waals surface area (Å²) in [5.41, 5.74) is 0.635. The summed E-state index contributed by atoms with van der Waals surface area (Å²) >= 11 is 7.97. The molecule has 0 spiro atoms. The van der Waals surface area contributed by atoms with Crippen LogP contribution in [0.25, 0.3) is 0 Å². The Labute approximate surface area is 110 Å². The van der Waals surface area contributed by atoms with Crippen molar-refractivity contribution in [2.24, 2.45) is 0 Å². The van der Waals surface area contributed by atoms with Gasteiger partial charge in [-0.15, -0.1) is 0 Å². The molecule has 0 amide bonds. The predicted molar refractivity (Wildman–Crippen MR) is 71.7 cm³/mol. The molecule has 1 fully saturated rings. The largest absolute Gasteiger partial charge is 0.391 e. The average molecular weight is 274 g/mol. The highest BCUT2D eigenvalue weighted by Crippen LogP contribution is 2.28. The van der Waals surface area contributed by atoms with Crippen molar-refractivity contribution in [1.82, 2.24) is 9.97 Å². The van der Waals surface area contributed by atoms with Crippen LogP contribution in [0, 0.1) is 0 Å². The zero-order chi connectivity index (χ0) is 12.3. The Balaban J connectivity index is 2.24. The Morgan fingerprint density at radius 1 is 1.59 bits per heavy atom. The van der Waals surface area contributed by atoms with E-state index in [9.17, 15) is 5.11 Å². The number of anilines is 1. The number of thioether (sulfide) groups is 1. The van der Waals surface area contributed by atoms with Gasteiger partial charge < -0.3 is 10.0 Å². The van der Waals surface area contributed by atoms with Gasteiger partial charge in [0.15, 0.2) is 0 Å². The number of hydrogen-bond donors (Lipinski definition) is 1. The monoisotopic (exact) mass is 273 g/mol. The molecule has 0 saturated carbocycles. The van der Waals surface area contributed by atoms with Gasteiger partial charge in [0.1, 0.15) is 17.3 Å². The third-order valence-corrected chi connectivity index (χ3v) is 4.62. The fraction of sp³-hybridized carbons (Fsp3) is 0.636. The third kappa shape index (κ3) is 2.84. The summed E-state index contributed by atoms with van der Waals surface area (Å²) in [7, 11) is 0. The van der Waals surface area contributed by atoms with E-state index in [0.29, 0.717) is 16.0 Å². The molecule has 17 heavy (non-hydrogen) atoms. The molecular formula is C11H16ClN3OS. The van der Waals surface area contributed by atoms with Crippen molar-refractivity contribution >= 4 is 29.2 Å². The highest BCUT2D eigenvalue weighted by atomic mass is 35.5. The van der Waals surface area contributed by atoms with Crippen LogP contribution in [-0.2, 0) is 6.61 Å². The first-order valence-corrected chi connectivity index (χ1v) is 7.15. The standard InChI is InChI=1S/C11H16ClN3OS/c1-2-8-5-15(3-4-17-8)11-9(6-16)10(12)13-7-14-11/h7-8,16H,2-6H2,1H3. The molecule has 1 atom stereocenters. The second-order valence-corrected chi connectivity index (χ2v) is 5.74. The van der Waals surface area contributed by atoms with E-state index in [1.807, 2.05) is 11.8 Å². The van der Waals surface area contributed by atoms with Crippen molar-refractivity contribution in [2.45, 2.75) is 25.2 Å². The molecule has 0 aliphatic carbocycles. The fourth-order valence-corrected chi connectivity index (χ4v) is 3.32. The SMILES string of the molecule is CCC1CN(c2ncnc(Cl)c2CO)CCS1. The van der Waals surface area contributed by atoms with Crippen LogP contribution in [0.2, 0.25) is 5.15 Å². The van der Waals surface area contributed by atoms with Crippen molar-refractivity contribution in [1.29, 1.82) is 0 Å². The van der Waals surface area contributed by atoms with E-state index in [4.69, 9.17) is 11.6 Å². The molecule has 1 unspecified atom stereocenters. The van der Waals surface area contributed by atoms with Gasteiger partial charge in [-0.2, -0.15) is 11.8 Å². The van der Waals surface area contributed by atoms with E-state index in [0.717, 1.165) is 31.1 Å². The van der Waals surface area contributed by atoms with Gasteiger partial charge in [-0.1, -0.05) is 18.5 Å².